The van der Waals surface area contributed by atoms with E-state index in [0.29, 0.717) is 22.3 Å². The van der Waals surface area contributed by atoms with E-state index in [1.807, 2.05) is 6.92 Å². The number of amides is 2. The molecule has 0 aromatic heterocycles. The second kappa shape index (κ2) is 6.36. The molecule has 0 unspecified atom stereocenters. The van der Waals surface area contributed by atoms with E-state index < -0.39 is 5.91 Å². The van der Waals surface area contributed by atoms with E-state index in [9.17, 15) is 9.59 Å². The van der Waals surface area contributed by atoms with Gasteiger partial charge in [0.15, 0.2) is 0 Å². The average molecular weight is 301 g/mol. The molecule has 0 fully saturated rings. The Morgan fingerprint density at radius 1 is 1.47 bits per heavy atom. The van der Waals surface area contributed by atoms with Gasteiger partial charge in [0.1, 0.15) is 6.61 Å². The van der Waals surface area contributed by atoms with Crippen LogP contribution < -0.4 is 11.1 Å². The number of carbonyl (C=O) groups is 2. The van der Waals surface area contributed by atoms with Crippen LogP contribution in [0.25, 0.3) is 0 Å². The molecule has 92 valence electrons. The normalized spacial score (nSPS) is 10.0. The summed E-state index contributed by atoms with van der Waals surface area (Å²) < 4.78 is 5.56. The van der Waals surface area contributed by atoms with Crippen molar-refractivity contribution in [2.75, 3.05) is 18.5 Å². The lowest BCUT2D eigenvalue weighted by Crippen LogP contribution is -2.18. The van der Waals surface area contributed by atoms with Crippen LogP contribution in [0.1, 0.15) is 17.3 Å². The molecule has 0 atom stereocenters. The Morgan fingerprint density at radius 3 is 2.71 bits per heavy atom. The number of anilines is 1. The lowest BCUT2D eigenvalue weighted by molar-refractivity contribution is -0.120. The van der Waals surface area contributed by atoms with Crippen LogP contribution in [0.4, 0.5) is 5.69 Å². The monoisotopic (exact) mass is 300 g/mol. The average Bonchev–Trinajstić information content (AvgIpc) is 2.28. The maximum atomic E-state index is 11.4. The van der Waals surface area contributed by atoms with E-state index >= 15 is 0 Å². The van der Waals surface area contributed by atoms with Gasteiger partial charge in [0, 0.05) is 16.6 Å². The van der Waals surface area contributed by atoms with Crippen LogP contribution >= 0.6 is 15.9 Å². The lowest BCUT2D eigenvalue weighted by atomic mass is 10.2. The van der Waals surface area contributed by atoms with Gasteiger partial charge in [-0.25, -0.2) is 0 Å². The zero-order valence-corrected chi connectivity index (χ0v) is 10.9. The van der Waals surface area contributed by atoms with E-state index in [4.69, 9.17) is 10.5 Å². The largest absolute Gasteiger partial charge is 0.372 e. The molecule has 0 spiro atoms. The number of halogens is 1. The molecule has 0 heterocycles. The molecule has 3 N–H and O–H groups in total. The third kappa shape index (κ3) is 4.16. The van der Waals surface area contributed by atoms with Gasteiger partial charge in [-0.05, 0) is 41.1 Å². The fourth-order valence-corrected chi connectivity index (χ4v) is 1.63. The van der Waals surface area contributed by atoms with E-state index in [1.54, 1.807) is 18.2 Å². The van der Waals surface area contributed by atoms with Crippen molar-refractivity contribution in [2.45, 2.75) is 6.92 Å². The Bertz CT molecular complexity index is 435. The Kier molecular flexibility index (Phi) is 5.11. The molecular formula is C11H13BrN2O3. The van der Waals surface area contributed by atoms with E-state index in [0.717, 1.165) is 0 Å². The highest BCUT2D eigenvalue weighted by atomic mass is 79.9. The molecule has 0 aliphatic carbocycles. The van der Waals surface area contributed by atoms with Crippen molar-refractivity contribution in [1.82, 2.24) is 0 Å². The molecule has 0 aliphatic heterocycles. The first kappa shape index (κ1) is 13.7. The van der Waals surface area contributed by atoms with Gasteiger partial charge in [-0.15, -0.1) is 0 Å². The summed E-state index contributed by atoms with van der Waals surface area (Å²) in [5.74, 6) is -0.766. The van der Waals surface area contributed by atoms with Crippen LogP contribution in [0.5, 0.6) is 0 Å². The number of rotatable bonds is 5. The van der Waals surface area contributed by atoms with Crippen LogP contribution in [0, 0.1) is 0 Å². The third-order valence-corrected chi connectivity index (χ3v) is 2.62. The molecule has 1 rings (SSSR count). The highest BCUT2D eigenvalue weighted by Crippen LogP contribution is 2.23. The number of nitrogens with one attached hydrogen (secondary N) is 1. The number of primary amides is 1. The van der Waals surface area contributed by atoms with Crippen molar-refractivity contribution >= 4 is 33.4 Å². The molecule has 0 saturated carbocycles. The van der Waals surface area contributed by atoms with Gasteiger partial charge >= 0.3 is 0 Å². The zero-order chi connectivity index (χ0) is 12.8. The molecule has 0 bridgehead atoms. The first-order chi connectivity index (χ1) is 8.04. The quantitative estimate of drug-likeness (QED) is 0.865. The van der Waals surface area contributed by atoms with Gasteiger partial charge < -0.3 is 15.8 Å². The number of benzene rings is 1. The molecule has 0 radical (unpaired) electrons. The predicted octanol–water partition coefficient (Wildman–Crippen LogP) is 1.52. The van der Waals surface area contributed by atoms with Gasteiger partial charge in [-0.3, -0.25) is 9.59 Å². The fourth-order valence-electron chi connectivity index (χ4n) is 1.15. The zero-order valence-electron chi connectivity index (χ0n) is 9.33. The minimum atomic E-state index is -0.516. The van der Waals surface area contributed by atoms with Gasteiger partial charge in [-0.1, -0.05) is 0 Å². The van der Waals surface area contributed by atoms with Gasteiger partial charge in [0.05, 0.1) is 5.69 Å². The number of ether oxygens (including phenoxy) is 1. The Balaban J connectivity index is 2.72. The van der Waals surface area contributed by atoms with Crippen molar-refractivity contribution in [1.29, 1.82) is 0 Å². The third-order valence-electron chi connectivity index (χ3n) is 1.96. The first-order valence-corrected chi connectivity index (χ1v) is 5.80. The van der Waals surface area contributed by atoms with E-state index in [1.165, 1.54) is 0 Å². The lowest BCUT2D eigenvalue weighted by Gasteiger charge is -2.08. The van der Waals surface area contributed by atoms with Gasteiger partial charge in [-0.2, -0.15) is 0 Å². The summed E-state index contributed by atoms with van der Waals surface area (Å²) in [5.41, 5.74) is 6.08. The molecular weight excluding hydrogens is 288 g/mol. The summed E-state index contributed by atoms with van der Waals surface area (Å²) in [6.07, 6.45) is 0. The standard InChI is InChI=1S/C11H13BrN2O3/c1-2-17-6-10(15)14-9-4-3-7(11(13)16)5-8(9)12/h3-5H,2,6H2,1H3,(H2,13,16)(H,14,15). The maximum Gasteiger partial charge on any atom is 0.250 e. The highest BCUT2D eigenvalue weighted by Gasteiger charge is 2.08. The summed E-state index contributed by atoms with van der Waals surface area (Å²) in [6, 6.07) is 4.70. The maximum absolute atomic E-state index is 11.4. The summed E-state index contributed by atoms with van der Waals surface area (Å²) >= 11 is 3.25. The van der Waals surface area contributed by atoms with Crippen molar-refractivity contribution in [3.63, 3.8) is 0 Å². The minimum absolute atomic E-state index is 0.000507. The number of carbonyl (C=O) groups excluding carboxylic acids is 2. The first-order valence-electron chi connectivity index (χ1n) is 5.01. The molecule has 2 amide bonds. The topological polar surface area (TPSA) is 81.4 Å². The Morgan fingerprint density at radius 2 is 2.18 bits per heavy atom. The summed E-state index contributed by atoms with van der Waals surface area (Å²) in [5, 5.41) is 2.65. The van der Waals surface area contributed by atoms with E-state index in [2.05, 4.69) is 21.2 Å². The molecule has 1 aromatic rings. The van der Waals surface area contributed by atoms with Crippen LogP contribution in [-0.2, 0) is 9.53 Å². The van der Waals surface area contributed by atoms with Gasteiger partial charge in [0.2, 0.25) is 11.8 Å². The van der Waals surface area contributed by atoms with Crippen molar-refractivity contribution in [3.8, 4) is 0 Å². The predicted molar refractivity (Wildman–Crippen MR) is 67.8 cm³/mol. The van der Waals surface area contributed by atoms with Crippen molar-refractivity contribution in [3.05, 3.63) is 28.2 Å². The fraction of sp³-hybridized carbons (Fsp3) is 0.273. The molecule has 5 nitrogen and oxygen atoms in total. The Labute approximate surface area is 107 Å². The van der Waals surface area contributed by atoms with E-state index in [-0.39, 0.29) is 12.5 Å². The van der Waals surface area contributed by atoms with Crippen molar-refractivity contribution in [2.24, 2.45) is 5.73 Å². The molecule has 6 heteroatoms. The number of nitrogens with two attached hydrogens (primary N) is 1. The second-order valence-corrected chi connectivity index (χ2v) is 4.10. The van der Waals surface area contributed by atoms with Gasteiger partial charge in [0.25, 0.3) is 0 Å². The van der Waals surface area contributed by atoms with Crippen molar-refractivity contribution < 1.29 is 14.3 Å². The number of hydrogen-bond donors (Lipinski definition) is 2. The summed E-state index contributed by atoms with van der Waals surface area (Å²) in [7, 11) is 0. The molecule has 0 saturated heterocycles. The summed E-state index contributed by atoms with van der Waals surface area (Å²) in [4.78, 5) is 22.3. The van der Waals surface area contributed by atoms with Crippen LogP contribution in [0.3, 0.4) is 0 Å². The second-order valence-electron chi connectivity index (χ2n) is 3.24. The smallest absolute Gasteiger partial charge is 0.250 e. The molecule has 0 aliphatic rings. The Hall–Kier alpha value is -1.40. The molecule has 17 heavy (non-hydrogen) atoms. The minimum Gasteiger partial charge on any atom is -0.372 e. The summed E-state index contributed by atoms with van der Waals surface area (Å²) in [6.45, 7) is 2.29. The van der Waals surface area contributed by atoms with Crippen LogP contribution in [0.2, 0.25) is 0 Å². The highest BCUT2D eigenvalue weighted by molar-refractivity contribution is 9.10. The molecule has 1 aromatic carbocycles. The SMILES string of the molecule is CCOCC(=O)Nc1ccc(C(N)=O)cc1Br. The van der Waals surface area contributed by atoms with Crippen LogP contribution in [0.15, 0.2) is 22.7 Å². The number of hydrogen-bond acceptors (Lipinski definition) is 3. The van der Waals surface area contributed by atoms with Crippen LogP contribution in [-0.4, -0.2) is 25.0 Å².